The van der Waals surface area contributed by atoms with Crippen LogP contribution in [0.5, 0.6) is 0 Å². The normalized spacial score (nSPS) is 11.1. The van der Waals surface area contributed by atoms with E-state index in [0.717, 1.165) is 30.2 Å². The number of anilines is 1. The number of amides is 1. The van der Waals surface area contributed by atoms with Crippen molar-refractivity contribution in [1.82, 2.24) is 10.6 Å². The number of nitrogens with zero attached hydrogens (tertiary/aromatic N) is 1. The van der Waals surface area contributed by atoms with Crippen LogP contribution in [0.4, 0.5) is 5.69 Å². The summed E-state index contributed by atoms with van der Waals surface area (Å²) in [4.78, 5) is 16.7. The van der Waals surface area contributed by atoms with Crippen molar-refractivity contribution < 1.29 is 4.79 Å². The highest BCUT2D eigenvalue weighted by molar-refractivity contribution is 7.09. The molecule has 0 aliphatic carbocycles. The zero-order valence-electron chi connectivity index (χ0n) is 13.4. The van der Waals surface area contributed by atoms with Crippen LogP contribution in [-0.2, 0) is 17.8 Å². The zero-order chi connectivity index (χ0) is 16.5. The van der Waals surface area contributed by atoms with E-state index in [1.165, 1.54) is 11.8 Å². The number of carbonyl (C=O) groups is 1. The predicted molar refractivity (Wildman–Crippen MR) is 97.0 cm³/mol. The Morgan fingerprint density at radius 3 is 2.78 bits per heavy atom. The van der Waals surface area contributed by atoms with Crippen LogP contribution >= 0.6 is 11.3 Å². The van der Waals surface area contributed by atoms with Crippen LogP contribution in [0.3, 0.4) is 0 Å². The van der Waals surface area contributed by atoms with E-state index in [0.29, 0.717) is 6.54 Å². The second-order valence-corrected chi connectivity index (χ2v) is 6.10. The molecule has 0 aliphatic rings. The van der Waals surface area contributed by atoms with E-state index < -0.39 is 0 Å². The van der Waals surface area contributed by atoms with E-state index in [1.807, 2.05) is 24.3 Å². The molecule has 122 valence electrons. The Morgan fingerprint density at radius 1 is 1.22 bits per heavy atom. The molecule has 1 aromatic carbocycles. The first-order chi connectivity index (χ1) is 11.2. The van der Waals surface area contributed by atoms with Gasteiger partial charge in [-0.05, 0) is 35.6 Å². The maximum atomic E-state index is 11.1. The van der Waals surface area contributed by atoms with E-state index >= 15 is 0 Å². The predicted octanol–water partition coefficient (Wildman–Crippen LogP) is 2.61. The van der Waals surface area contributed by atoms with Crippen LogP contribution in [0.15, 0.2) is 46.8 Å². The minimum atomic E-state index is -0.0684. The Bertz CT molecular complexity index is 652. The largest absolute Gasteiger partial charge is 0.356 e. The summed E-state index contributed by atoms with van der Waals surface area (Å²) in [7, 11) is 1.76. The molecule has 0 saturated carbocycles. The van der Waals surface area contributed by atoms with Gasteiger partial charge < -0.3 is 16.0 Å². The van der Waals surface area contributed by atoms with Crippen molar-refractivity contribution in [2.75, 3.05) is 18.9 Å². The molecule has 1 amide bonds. The molecular weight excluding hydrogens is 308 g/mol. The van der Waals surface area contributed by atoms with E-state index in [4.69, 9.17) is 0 Å². The highest BCUT2D eigenvalue weighted by atomic mass is 32.1. The molecular formula is C17H22N4OS. The number of rotatable bonds is 6. The van der Waals surface area contributed by atoms with Gasteiger partial charge in [-0.2, -0.15) is 0 Å². The zero-order valence-corrected chi connectivity index (χ0v) is 14.2. The minimum Gasteiger partial charge on any atom is -0.356 e. The van der Waals surface area contributed by atoms with E-state index in [1.54, 1.807) is 18.4 Å². The van der Waals surface area contributed by atoms with Crippen molar-refractivity contribution in [1.29, 1.82) is 0 Å². The number of guanidine groups is 1. The number of hydrogen-bond donors (Lipinski definition) is 3. The first-order valence-corrected chi connectivity index (χ1v) is 8.39. The lowest BCUT2D eigenvalue weighted by Crippen LogP contribution is -2.37. The number of hydrogen-bond acceptors (Lipinski definition) is 3. The first kappa shape index (κ1) is 17.0. The van der Waals surface area contributed by atoms with E-state index in [2.05, 4.69) is 38.5 Å². The number of aliphatic imine (C=N–C) groups is 1. The van der Waals surface area contributed by atoms with E-state index in [-0.39, 0.29) is 5.91 Å². The fraction of sp³-hybridized carbons (Fsp3) is 0.294. The van der Waals surface area contributed by atoms with Crippen molar-refractivity contribution in [2.24, 2.45) is 4.99 Å². The molecule has 0 spiro atoms. The average molecular weight is 330 g/mol. The van der Waals surface area contributed by atoms with Gasteiger partial charge in [-0.25, -0.2) is 0 Å². The van der Waals surface area contributed by atoms with Gasteiger partial charge in [-0.3, -0.25) is 9.79 Å². The summed E-state index contributed by atoms with van der Waals surface area (Å²) in [5.74, 6) is 0.702. The maximum absolute atomic E-state index is 11.1. The Hall–Kier alpha value is -2.34. The summed E-state index contributed by atoms with van der Waals surface area (Å²) >= 11 is 1.76. The SMILES string of the molecule is CN=C(NCCc1cccs1)NCc1cccc(NC(C)=O)c1. The summed E-state index contributed by atoms with van der Waals surface area (Å²) < 4.78 is 0. The highest BCUT2D eigenvalue weighted by Gasteiger charge is 2.01. The molecule has 5 nitrogen and oxygen atoms in total. The van der Waals surface area contributed by atoms with Crippen LogP contribution in [0, 0.1) is 0 Å². The molecule has 3 N–H and O–H groups in total. The standard InChI is InChI=1S/C17H22N4OS/c1-13(22)21-15-6-3-5-14(11-15)12-20-17(18-2)19-9-8-16-7-4-10-23-16/h3-7,10-11H,8-9,12H2,1-2H3,(H,21,22)(H2,18,19,20). The molecule has 23 heavy (non-hydrogen) atoms. The molecule has 1 heterocycles. The first-order valence-electron chi connectivity index (χ1n) is 7.51. The summed E-state index contributed by atoms with van der Waals surface area (Å²) in [5.41, 5.74) is 1.88. The molecule has 6 heteroatoms. The topological polar surface area (TPSA) is 65.5 Å². The summed E-state index contributed by atoms with van der Waals surface area (Å²) in [5, 5.41) is 11.4. The molecule has 0 radical (unpaired) electrons. The van der Waals surface area contributed by atoms with Gasteiger partial charge in [0.2, 0.25) is 5.91 Å². The van der Waals surface area contributed by atoms with Gasteiger partial charge in [0.05, 0.1) is 0 Å². The monoisotopic (exact) mass is 330 g/mol. The molecule has 0 bridgehead atoms. The van der Waals surface area contributed by atoms with Crippen molar-refractivity contribution in [3.8, 4) is 0 Å². The average Bonchev–Trinajstić information content (AvgIpc) is 3.03. The Morgan fingerprint density at radius 2 is 2.09 bits per heavy atom. The molecule has 2 rings (SSSR count). The number of nitrogens with one attached hydrogen (secondary N) is 3. The molecule has 0 saturated heterocycles. The van der Waals surface area contributed by atoms with Gasteiger partial charge in [0.15, 0.2) is 5.96 Å². The Kier molecular flexibility index (Phi) is 6.62. The van der Waals surface area contributed by atoms with Gasteiger partial charge in [0.25, 0.3) is 0 Å². The Balaban J connectivity index is 1.79. The van der Waals surface area contributed by atoms with Gasteiger partial charge in [0.1, 0.15) is 0 Å². The smallest absolute Gasteiger partial charge is 0.221 e. The second kappa shape index (κ2) is 8.95. The second-order valence-electron chi connectivity index (χ2n) is 5.06. The fourth-order valence-corrected chi connectivity index (χ4v) is 2.84. The molecule has 0 unspecified atom stereocenters. The molecule has 2 aromatic rings. The van der Waals surface area contributed by atoms with Gasteiger partial charge in [-0.15, -0.1) is 11.3 Å². The summed E-state index contributed by atoms with van der Waals surface area (Å²) in [6, 6.07) is 12.0. The lowest BCUT2D eigenvalue weighted by molar-refractivity contribution is -0.114. The lowest BCUT2D eigenvalue weighted by atomic mass is 10.2. The van der Waals surface area contributed by atoms with Crippen molar-refractivity contribution in [3.05, 3.63) is 52.2 Å². The third-order valence-electron chi connectivity index (χ3n) is 3.17. The fourth-order valence-electron chi connectivity index (χ4n) is 2.13. The van der Waals surface area contributed by atoms with Crippen LogP contribution < -0.4 is 16.0 Å². The van der Waals surface area contributed by atoms with Crippen LogP contribution in [0.25, 0.3) is 0 Å². The molecule has 1 aromatic heterocycles. The van der Waals surface area contributed by atoms with Gasteiger partial charge >= 0.3 is 0 Å². The van der Waals surface area contributed by atoms with Crippen molar-refractivity contribution in [3.63, 3.8) is 0 Å². The molecule has 0 atom stereocenters. The van der Waals surface area contributed by atoms with Crippen LogP contribution in [-0.4, -0.2) is 25.5 Å². The van der Waals surface area contributed by atoms with Gasteiger partial charge in [-0.1, -0.05) is 18.2 Å². The highest BCUT2D eigenvalue weighted by Crippen LogP contribution is 2.10. The summed E-state index contributed by atoms with van der Waals surface area (Å²) in [6.07, 6.45) is 0.983. The number of carbonyl (C=O) groups excluding carboxylic acids is 1. The molecule has 0 aliphatic heterocycles. The van der Waals surface area contributed by atoms with Crippen molar-refractivity contribution in [2.45, 2.75) is 19.9 Å². The van der Waals surface area contributed by atoms with Crippen LogP contribution in [0.1, 0.15) is 17.4 Å². The number of benzene rings is 1. The van der Waals surface area contributed by atoms with Crippen molar-refractivity contribution >= 4 is 28.9 Å². The third-order valence-corrected chi connectivity index (χ3v) is 4.11. The van der Waals surface area contributed by atoms with Crippen LogP contribution in [0.2, 0.25) is 0 Å². The number of thiophene rings is 1. The quantitative estimate of drug-likeness (QED) is 0.563. The summed E-state index contributed by atoms with van der Waals surface area (Å²) in [6.45, 7) is 2.99. The van der Waals surface area contributed by atoms with Gasteiger partial charge in [0, 0.05) is 37.6 Å². The third kappa shape index (κ3) is 6.12. The minimum absolute atomic E-state index is 0.0684. The molecule has 0 fully saturated rings. The maximum Gasteiger partial charge on any atom is 0.221 e. The lowest BCUT2D eigenvalue weighted by Gasteiger charge is -2.12. The Labute approximate surface area is 140 Å². The van der Waals surface area contributed by atoms with E-state index in [9.17, 15) is 4.79 Å².